The molecular formula is C17H26N2O3. The smallest absolute Gasteiger partial charge is 0.412 e. The number of pyridine rings is 1. The van der Waals surface area contributed by atoms with Crippen molar-refractivity contribution in [2.45, 2.75) is 71.2 Å². The molecule has 1 fully saturated rings. The van der Waals surface area contributed by atoms with Crippen molar-refractivity contribution in [3.63, 3.8) is 0 Å². The van der Waals surface area contributed by atoms with E-state index in [1.165, 1.54) is 19.3 Å². The number of carbonyl (C=O) groups is 1. The molecule has 1 aromatic rings. The van der Waals surface area contributed by atoms with Crippen LogP contribution in [0.5, 0.6) is 0 Å². The highest BCUT2D eigenvalue weighted by atomic mass is 16.6. The van der Waals surface area contributed by atoms with Crippen LogP contribution in [0, 0.1) is 0 Å². The minimum absolute atomic E-state index is 0.310. The Morgan fingerprint density at radius 2 is 2.05 bits per heavy atom. The lowest BCUT2D eigenvalue weighted by molar-refractivity contribution is 0.0155. The fraction of sp³-hybridized carbons (Fsp3) is 0.647. The van der Waals surface area contributed by atoms with Gasteiger partial charge in [-0.3, -0.25) is 10.3 Å². The Morgan fingerprint density at radius 1 is 1.32 bits per heavy atom. The van der Waals surface area contributed by atoms with E-state index in [-0.39, 0.29) is 0 Å². The summed E-state index contributed by atoms with van der Waals surface area (Å²) in [5.41, 5.74) is 0.858. The Bertz CT molecular complexity index is 491. The average Bonchev–Trinajstić information content (AvgIpc) is 2.45. The number of hydrogen-bond donors (Lipinski definition) is 1. The van der Waals surface area contributed by atoms with Gasteiger partial charge in [0.2, 0.25) is 0 Å². The van der Waals surface area contributed by atoms with E-state index in [9.17, 15) is 4.79 Å². The largest absolute Gasteiger partial charge is 0.444 e. The summed E-state index contributed by atoms with van der Waals surface area (Å²) in [6.07, 6.45) is 7.54. The fourth-order valence-electron chi connectivity index (χ4n) is 2.51. The molecule has 22 heavy (non-hydrogen) atoms. The van der Waals surface area contributed by atoms with E-state index in [0.717, 1.165) is 18.5 Å². The van der Waals surface area contributed by atoms with Gasteiger partial charge < -0.3 is 9.47 Å². The zero-order chi connectivity index (χ0) is 16.0. The topological polar surface area (TPSA) is 60.5 Å². The molecule has 1 N–H and O–H groups in total. The Morgan fingerprint density at radius 3 is 2.73 bits per heavy atom. The van der Waals surface area contributed by atoms with E-state index >= 15 is 0 Å². The summed E-state index contributed by atoms with van der Waals surface area (Å²) in [7, 11) is 0. The molecule has 1 aliphatic rings. The van der Waals surface area contributed by atoms with E-state index in [1.807, 2.05) is 26.8 Å². The van der Waals surface area contributed by atoms with Crippen molar-refractivity contribution in [2.24, 2.45) is 0 Å². The van der Waals surface area contributed by atoms with Crippen LogP contribution in [0.2, 0.25) is 0 Å². The molecule has 1 saturated carbocycles. The quantitative estimate of drug-likeness (QED) is 0.902. The first kappa shape index (κ1) is 16.7. The number of amides is 1. The lowest BCUT2D eigenvalue weighted by Crippen LogP contribution is -2.27. The zero-order valence-corrected chi connectivity index (χ0v) is 13.7. The minimum atomic E-state index is -0.523. The third-order valence-corrected chi connectivity index (χ3v) is 3.53. The molecule has 0 unspecified atom stereocenters. The van der Waals surface area contributed by atoms with Gasteiger partial charge in [0.15, 0.2) is 0 Å². The Kier molecular flexibility index (Phi) is 5.77. The molecule has 0 atom stereocenters. The van der Waals surface area contributed by atoms with Gasteiger partial charge in [-0.05, 0) is 45.7 Å². The lowest BCUT2D eigenvalue weighted by atomic mass is 9.98. The van der Waals surface area contributed by atoms with Crippen LogP contribution in [-0.4, -0.2) is 22.8 Å². The van der Waals surface area contributed by atoms with Gasteiger partial charge in [-0.25, -0.2) is 4.79 Å². The number of ether oxygens (including phenoxy) is 2. The number of rotatable bonds is 4. The van der Waals surface area contributed by atoms with Crippen LogP contribution in [0.4, 0.5) is 10.5 Å². The van der Waals surface area contributed by atoms with Gasteiger partial charge in [0.05, 0.1) is 24.1 Å². The van der Waals surface area contributed by atoms with Crippen molar-refractivity contribution >= 4 is 11.8 Å². The highest BCUT2D eigenvalue weighted by molar-refractivity contribution is 5.85. The summed E-state index contributed by atoms with van der Waals surface area (Å²) in [4.78, 5) is 16.2. The molecule has 122 valence electrons. The molecule has 1 amide bonds. The van der Waals surface area contributed by atoms with Gasteiger partial charge in [-0.2, -0.15) is 0 Å². The predicted molar refractivity (Wildman–Crippen MR) is 85.8 cm³/mol. The Labute approximate surface area is 132 Å². The molecule has 1 aromatic heterocycles. The summed E-state index contributed by atoms with van der Waals surface area (Å²) in [6, 6.07) is 3.60. The zero-order valence-electron chi connectivity index (χ0n) is 13.7. The number of aromatic nitrogens is 1. The first-order valence-electron chi connectivity index (χ1n) is 7.99. The predicted octanol–water partition coefficient (Wildman–Crippen LogP) is 4.28. The van der Waals surface area contributed by atoms with E-state index in [1.54, 1.807) is 12.3 Å². The van der Waals surface area contributed by atoms with E-state index in [2.05, 4.69) is 10.3 Å². The van der Waals surface area contributed by atoms with E-state index in [0.29, 0.717) is 18.4 Å². The highest BCUT2D eigenvalue weighted by Crippen LogP contribution is 2.23. The van der Waals surface area contributed by atoms with Crippen molar-refractivity contribution in [3.05, 3.63) is 24.0 Å². The SMILES string of the molecule is CC(C)(C)OC(=O)Nc1cccnc1COC1CCCCC1. The van der Waals surface area contributed by atoms with Crippen LogP contribution >= 0.6 is 0 Å². The van der Waals surface area contributed by atoms with Gasteiger partial charge in [0, 0.05) is 6.20 Å². The van der Waals surface area contributed by atoms with Crippen LogP contribution in [0.1, 0.15) is 58.6 Å². The van der Waals surface area contributed by atoms with Crippen molar-refractivity contribution in [2.75, 3.05) is 5.32 Å². The Hall–Kier alpha value is -1.62. The first-order valence-corrected chi connectivity index (χ1v) is 7.99. The van der Waals surface area contributed by atoms with Crippen LogP contribution < -0.4 is 5.32 Å². The van der Waals surface area contributed by atoms with Crippen molar-refractivity contribution in [1.82, 2.24) is 4.98 Å². The molecule has 0 aliphatic heterocycles. The molecule has 0 bridgehead atoms. The molecule has 0 aromatic carbocycles. The second-order valence-electron chi connectivity index (χ2n) is 6.70. The maximum absolute atomic E-state index is 11.9. The van der Waals surface area contributed by atoms with Crippen molar-refractivity contribution in [1.29, 1.82) is 0 Å². The first-order chi connectivity index (χ1) is 10.4. The summed E-state index contributed by atoms with van der Waals surface area (Å²) in [5.74, 6) is 0. The second-order valence-corrected chi connectivity index (χ2v) is 6.70. The molecule has 0 radical (unpaired) electrons. The van der Waals surface area contributed by atoms with Crippen LogP contribution in [0.25, 0.3) is 0 Å². The van der Waals surface area contributed by atoms with Crippen LogP contribution in [0.3, 0.4) is 0 Å². The average molecular weight is 306 g/mol. The summed E-state index contributed by atoms with van der Waals surface area (Å²) < 4.78 is 11.2. The molecular weight excluding hydrogens is 280 g/mol. The summed E-state index contributed by atoms with van der Waals surface area (Å²) >= 11 is 0. The van der Waals surface area contributed by atoms with Gasteiger partial charge >= 0.3 is 6.09 Å². The third-order valence-electron chi connectivity index (χ3n) is 3.53. The maximum atomic E-state index is 11.9. The third kappa shape index (κ3) is 5.64. The highest BCUT2D eigenvalue weighted by Gasteiger charge is 2.18. The fourth-order valence-corrected chi connectivity index (χ4v) is 2.51. The van der Waals surface area contributed by atoms with Crippen LogP contribution in [0.15, 0.2) is 18.3 Å². The van der Waals surface area contributed by atoms with Gasteiger partial charge in [-0.15, -0.1) is 0 Å². The number of anilines is 1. The molecule has 0 saturated heterocycles. The molecule has 1 heterocycles. The lowest BCUT2D eigenvalue weighted by Gasteiger charge is -2.23. The van der Waals surface area contributed by atoms with Gasteiger partial charge in [0.1, 0.15) is 5.60 Å². The minimum Gasteiger partial charge on any atom is -0.444 e. The van der Waals surface area contributed by atoms with Gasteiger partial charge in [-0.1, -0.05) is 19.3 Å². The van der Waals surface area contributed by atoms with Crippen molar-refractivity contribution < 1.29 is 14.3 Å². The summed E-state index contributed by atoms with van der Waals surface area (Å²) in [6.45, 7) is 5.92. The molecule has 2 rings (SSSR count). The van der Waals surface area contributed by atoms with E-state index < -0.39 is 11.7 Å². The van der Waals surface area contributed by atoms with Gasteiger partial charge in [0.25, 0.3) is 0 Å². The summed E-state index contributed by atoms with van der Waals surface area (Å²) in [5, 5.41) is 2.75. The molecule has 0 spiro atoms. The number of carbonyl (C=O) groups excluding carboxylic acids is 1. The molecule has 5 heteroatoms. The van der Waals surface area contributed by atoms with E-state index in [4.69, 9.17) is 9.47 Å². The number of nitrogens with zero attached hydrogens (tertiary/aromatic N) is 1. The monoisotopic (exact) mass is 306 g/mol. The number of nitrogens with one attached hydrogen (secondary N) is 1. The van der Waals surface area contributed by atoms with Crippen molar-refractivity contribution in [3.8, 4) is 0 Å². The number of hydrogen-bond acceptors (Lipinski definition) is 4. The van der Waals surface area contributed by atoms with Crippen LogP contribution in [-0.2, 0) is 16.1 Å². The maximum Gasteiger partial charge on any atom is 0.412 e. The molecule has 1 aliphatic carbocycles. The standard InChI is InChI=1S/C17H26N2O3/c1-17(2,3)22-16(20)19-14-10-7-11-18-15(14)12-21-13-8-5-4-6-9-13/h7,10-11,13H,4-6,8-9,12H2,1-3H3,(H,19,20). The second kappa shape index (κ2) is 7.58. The molecule has 5 nitrogen and oxygen atoms in total. The Balaban J connectivity index is 1.92. The normalized spacial score (nSPS) is 16.3.